The van der Waals surface area contributed by atoms with E-state index < -0.39 is 0 Å². The summed E-state index contributed by atoms with van der Waals surface area (Å²) in [5.41, 5.74) is 8.97. The second-order valence-electron chi connectivity index (χ2n) is 12.4. The largest absolute Gasteiger partial charge is 0.365 e. The SMILES string of the molecule is C#CCOC1CC(/C=C/C2=[N+](CC)c3ccc(Cl)cc3C2(C)C)=C(Cl)C(=C/C=C2/N(CC)c3ccc(Cl)cc3C2(C)C)/C1. The molecule has 0 spiro atoms. The van der Waals surface area contributed by atoms with E-state index in [1.807, 2.05) is 12.1 Å². The summed E-state index contributed by atoms with van der Waals surface area (Å²) in [4.78, 5) is 2.36. The number of hydrogen-bond donors (Lipinski definition) is 0. The summed E-state index contributed by atoms with van der Waals surface area (Å²) < 4.78 is 8.46. The summed E-state index contributed by atoms with van der Waals surface area (Å²) in [6.45, 7) is 15.3. The smallest absolute Gasteiger partial charge is 0.209 e. The molecule has 0 saturated heterocycles. The number of likely N-dealkylation sites (N-methyl/N-ethyl adjacent to an activating group) is 1. The highest BCUT2D eigenvalue weighted by molar-refractivity contribution is 6.33. The second kappa shape index (κ2) is 12.3. The maximum Gasteiger partial charge on any atom is 0.209 e. The van der Waals surface area contributed by atoms with E-state index in [4.69, 9.17) is 46.0 Å². The first-order chi connectivity index (χ1) is 20.4. The molecule has 0 fully saturated rings. The highest BCUT2D eigenvalue weighted by Gasteiger charge is 2.44. The summed E-state index contributed by atoms with van der Waals surface area (Å²) in [6.07, 6.45) is 15.7. The number of benzene rings is 2. The Morgan fingerprint density at radius 3 is 2.33 bits per heavy atom. The predicted octanol–water partition coefficient (Wildman–Crippen LogP) is 9.88. The summed E-state index contributed by atoms with van der Waals surface area (Å²) in [5, 5.41) is 2.27. The van der Waals surface area contributed by atoms with Crippen molar-refractivity contribution in [1.82, 2.24) is 0 Å². The van der Waals surface area contributed by atoms with Gasteiger partial charge in [0.25, 0.3) is 0 Å². The molecule has 0 bridgehead atoms. The van der Waals surface area contributed by atoms with Gasteiger partial charge in [0, 0.05) is 69.0 Å². The molecule has 0 radical (unpaired) electrons. The van der Waals surface area contributed by atoms with Crippen LogP contribution in [0, 0.1) is 12.3 Å². The molecular weight excluding hydrogens is 595 g/mol. The second-order valence-corrected chi connectivity index (χ2v) is 13.7. The van der Waals surface area contributed by atoms with Crippen LogP contribution < -0.4 is 4.90 Å². The van der Waals surface area contributed by atoms with Crippen molar-refractivity contribution in [2.75, 3.05) is 24.6 Å². The van der Waals surface area contributed by atoms with Crippen molar-refractivity contribution in [2.45, 2.75) is 71.3 Å². The Kier molecular flexibility index (Phi) is 9.09. The topological polar surface area (TPSA) is 15.5 Å². The highest BCUT2D eigenvalue weighted by atomic mass is 35.5. The highest BCUT2D eigenvalue weighted by Crippen LogP contribution is 2.49. The van der Waals surface area contributed by atoms with Crippen molar-refractivity contribution in [3.05, 3.63) is 104 Å². The Morgan fingerprint density at radius 1 is 0.953 bits per heavy atom. The number of anilines is 1. The predicted molar refractivity (Wildman–Crippen MR) is 183 cm³/mol. The van der Waals surface area contributed by atoms with Gasteiger partial charge in [-0.05, 0) is 80.8 Å². The van der Waals surface area contributed by atoms with Gasteiger partial charge < -0.3 is 9.64 Å². The van der Waals surface area contributed by atoms with Gasteiger partial charge in [-0.25, -0.2) is 0 Å². The minimum atomic E-state index is -0.202. The van der Waals surface area contributed by atoms with E-state index in [1.54, 1.807) is 0 Å². The van der Waals surface area contributed by atoms with Gasteiger partial charge in [0.1, 0.15) is 13.2 Å². The maximum absolute atomic E-state index is 7.19. The van der Waals surface area contributed by atoms with Crippen molar-refractivity contribution in [3.63, 3.8) is 0 Å². The van der Waals surface area contributed by atoms with E-state index in [9.17, 15) is 0 Å². The molecule has 2 aromatic rings. The third kappa shape index (κ3) is 5.76. The molecule has 5 rings (SSSR count). The molecule has 6 heteroatoms. The summed E-state index contributed by atoms with van der Waals surface area (Å²) in [6, 6.07) is 12.3. The van der Waals surface area contributed by atoms with Crippen LogP contribution in [0.4, 0.5) is 11.4 Å². The van der Waals surface area contributed by atoms with E-state index in [0.717, 1.165) is 39.3 Å². The third-order valence-corrected chi connectivity index (χ3v) is 10.0. The lowest BCUT2D eigenvalue weighted by Crippen LogP contribution is -2.27. The molecule has 0 saturated carbocycles. The van der Waals surface area contributed by atoms with Gasteiger partial charge in [0.15, 0.2) is 5.71 Å². The molecule has 0 N–H and O–H groups in total. The molecule has 1 atom stereocenters. The van der Waals surface area contributed by atoms with Crippen LogP contribution in [0.3, 0.4) is 0 Å². The van der Waals surface area contributed by atoms with Crippen LogP contribution in [0.25, 0.3) is 0 Å². The Hall–Kier alpha value is -2.74. The fourth-order valence-corrected chi connectivity index (χ4v) is 7.47. The average Bonchev–Trinajstić information content (AvgIpc) is 3.32. The maximum atomic E-state index is 7.19. The fourth-order valence-electron chi connectivity index (χ4n) is 6.85. The number of hydrogen-bond acceptors (Lipinski definition) is 2. The van der Waals surface area contributed by atoms with Crippen LogP contribution in [0.1, 0.15) is 65.5 Å². The third-order valence-electron chi connectivity index (χ3n) is 9.09. The van der Waals surface area contributed by atoms with Crippen molar-refractivity contribution in [3.8, 4) is 12.3 Å². The lowest BCUT2D eigenvalue weighted by molar-refractivity contribution is -0.433. The normalized spacial score (nSPS) is 22.6. The Bertz CT molecular complexity index is 1650. The average molecular weight is 635 g/mol. The standard InChI is InChI=1S/C37H40Cl3N2O/c1-8-19-43-28-20-24(11-17-33-36(4,5)29-22-26(38)13-15-31(29)41(33)9-2)35(40)25(21-28)12-18-34-37(6,7)30-23-27(39)14-16-32(30)42(34)10-3/h1,11-18,22-23,28H,9-10,19-21H2,2-7H3/q+1. The Balaban J connectivity index is 1.55. The van der Waals surface area contributed by atoms with E-state index >= 15 is 0 Å². The molecule has 43 heavy (non-hydrogen) atoms. The zero-order valence-corrected chi connectivity index (χ0v) is 28.2. The molecule has 0 amide bonds. The van der Waals surface area contributed by atoms with Crippen molar-refractivity contribution in [1.29, 1.82) is 0 Å². The molecular formula is C37H40Cl3N2O+. The molecule has 2 aromatic carbocycles. The number of fused-ring (bicyclic) bond motifs is 2. The van der Waals surface area contributed by atoms with E-state index in [1.165, 1.54) is 33.9 Å². The molecule has 224 valence electrons. The Morgan fingerprint density at radius 2 is 1.65 bits per heavy atom. The van der Waals surface area contributed by atoms with Gasteiger partial charge >= 0.3 is 0 Å². The zero-order chi connectivity index (χ0) is 31.1. The van der Waals surface area contributed by atoms with Crippen LogP contribution in [0.15, 0.2) is 82.6 Å². The number of rotatable bonds is 7. The number of nitrogens with zero attached hydrogens (tertiary/aromatic N) is 2. The first-order valence-corrected chi connectivity index (χ1v) is 16.1. The molecule has 3 aliphatic rings. The van der Waals surface area contributed by atoms with Crippen molar-refractivity contribution >= 4 is 51.9 Å². The van der Waals surface area contributed by atoms with Crippen LogP contribution in [-0.4, -0.2) is 36.1 Å². The van der Waals surface area contributed by atoms with Gasteiger partial charge in [-0.1, -0.05) is 66.7 Å². The van der Waals surface area contributed by atoms with Gasteiger partial charge in [0.05, 0.1) is 11.5 Å². The number of ether oxygens (including phenoxy) is 1. The van der Waals surface area contributed by atoms with Gasteiger partial charge in [-0.3, -0.25) is 0 Å². The summed E-state index contributed by atoms with van der Waals surface area (Å²) in [5.74, 6) is 2.63. The number of terminal acetylenes is 1. The molecule has 1 unspecified atom stereocenters. The quantitative estimate of drug-likeness (QED) is 0.223. The lowest BCUT2D eigenvalue weighted by Gasteiger charge is -2.27. The minimum absolute atomic E-state index is 0.0578. The molecule has 0 aromatic heterocycles. The van der Waals surface area contributed by atoms with Gasteiger partial charge in [0.2, 0.25) is 5.69 Å². The zero-order valence-electron chi connectivity index (χ0n) is 25.9. The molecule has 1 aliphatic carbocycles. The van der Waals surface area contributed by atoms with E-state index in [2.05, 4.69) is 106 Å². The first-order valence-electron chi connectivity index (χ1n) is 15.0. The molecule has 2 heterocycles. The number of halogens is 3. The first kappa shape index (κ1) is 31.7. The summed E-state index contributed by atoms with van der Waals surface area (Å²) >= 11 is 20.0. The van der Waals surface area contributed by atoms with E-state index in [0.29, 0.717) is 12.8 Å². The van der Waals surface area contributed by atoms with E-state index in [-0.39, 0.29) is 23.5 Å². The summed E-state index contributed by atoms with van der Waals surface area (Å²) in [7, 11) is 0. The van der Waals surface area contributed by atoms with Crippen LogP contribution in [-0.2, 0) is 15.6 Å². The van der Waals surface area contributed by atoms with Crippen LogP contribution in [0.5, 0.6) is 0 Å². The fraction of sp³-hybridized carbons (Fsp3) is 0.378. The van der Waals surface area contributed by atoms with Gasteiger partial charge in [-0.2, -0.15) is 4.58 Å². The molecule has 2 aliphatic heterocycles. The van der Waals surface area contributed by atoms with Crippen LogP contribution >= 0.6 is 34.8 Å². The lowest BCUT2D eigenvalue weighted by atomic mass is 9.81. The monoisotopic (exact) mass is 633 g/mol. The molecule has 3 nitrogen and oxygen atoms in total. The number of allylic oxidation sites excluding steroid dienone is 6. The Labute approximate surface area is 272 Å². The van der Waals surface area contributed by atoms with Crippen molar-refractivity contribution in [2.24, 2.45) is 0 Å². The van der Waals surface area contributed by atoms with Crippen LogP contribution in [0.2, 0.25) is 10.0 Å². The minimum Gasteiger partial charge on any atom is -0.365 e. The van der Waals surface area contributed by atoms with Crippen molar-refractivity contribution < 1.29 is 9.31 Å². The van der Waals surface area contributed by atoms with Gasteiger partial charge in [-0.15, -0.1) is 6.42 Å².